The quantitative estimate of drug-likeness (QED) is 0.688. The molecule has 4 rings (SSSR count). The maximum atomic E-state index is 12.6. The van der Waals surface area contributed by atoms with Crippen molar-refractivity contribution < 1.29 is 4.79 Å². The second kappa shape index (κ2) is 4.86. The second-order valence-electron chi connectivity index (χ2n) is 5.17. The van der Waals surface area contributed by atoms with Gasteiger partial charge in [0, 0.05) is 24.7 Å². The van der Waals surface area contributed by atoms with Gasteiger partial charge in [-0.15, -0.1) is 22.7 Å². The van der Waals surface area contributed by atoms with Gasteiger partial charge in [-0.25, -0.2) is 4.98 Å². The summed E-state index contributed by atoms with van der Waals surface area (Å²) < 4.78 is 2.07. The first-order valence-electron chi connectivity index (χ1n) is 6.97. The summed E-state index contributed by atoms with van der Waals surface area (Å²) in [6.07, 6.45) is 6.76. The van der Waals surface area contributed by atoms with E-state index in [2.05, 4.69) is 9.38 Å². The molecule has 1 aliphatic heterocycles. The number of nitrogens with zero attached hydrogens (tertiary/aromatic N) is 3. The summed E-state index contributed by atoms with van der Waals surface area (Å²) in [7, 11) is 0. The number of likely N-dealkylation sites (tertiary alicyclic amines) is 1. The third kappa shape index (κ3) is 1.94. The summed E-state index contributed by atoms with van der Waals surface area (Å²) in [6.45, 7) is 1.80. The van der Waals surface area contributed by atoms with Crippen molar-refractivity contribution >= 4 is 43.9 Å². The van der Waals surface area contributed by atoms with Crippen LogP contribution in [0.2, 0.25) is 0 Å². The number of hydrogen-bond donors (Lipinski definition) is 0. The first-order chi connectivity index (χ1) is 9.83. The van der Waals surface area contributed by atoms with Crippen LogP contribution in [0.3, 0.4) is 0 Å². The number of carbonyl (C=O) groups is 1. The minimum atomic E-state index is 0.180. The fourth-order valence-corrected chi connectivity index (χ4v) is 4.55. The van der Waals surface area contributed by atoms with Crippen LogP contribution in [0, 0.1) is 0 Å². The van der Waals surface area contributed by atoms with Gasteiger partial charge in [-0.05, 0) is 18.9 Å². The predicted octanol–water partition coefficient (Wildman–Crippen LogP) is 3.63. The van der Waals surface area contributed by atoms with Gasteiger partial charge in [0.25, 0.3) is 5.91 Å². The number of fused-ring (bicyclic) bond motifs is 3. The molecule has 4 nitrogen and oxygen atoms in total. The van der Waals surface area contributed by atoms with E-state index in [9.17, 15) is 4.79 Å². The van der Waals surface area contributed by atoms with Crippen molar-refractivity contribution in [1.29, 1.82) is 0 Å². The summed E-state index contributed by atoms with van der Waals surface area (Å²) in [5, 5.41) is 2.02. The molecule has 3 aromatic heterocycles. The fourth-order valence-electron chi connectivity index (χ4n) is 2.78. The molecule has 20 heavy (non-hydrogen) atoms. The summed E-state index contributed by atoms with van der Waals surface area (Å²) in [6, 6.07) is 2.00. The maximum Gasteiger partial charge on any atom is 0.264 e. The molecule has 0 atom stereocenters. The average Bonchev–Trinajstić information content (AvgIpc) is 3.04. The van der Waals surface area contributed by atoms with Crippen molar-refractivity contribution in [2.45, 2.75) is 25.7 Å². The average molecular weight is 305 g/mol. The van der Waals surface area contributed by atoms with Crippen molar-refractivity contribution in [2.24, 2.45) is 0 Å². The zero-order valence-corrected chi connectivity index (χ0v) is 12.7. The Morgan fingerprint density at radius 3 is 2.80 bits per heavy atom. The van der Waals surface area contributed by atoms with Crippen LogP contribution in [0.5, 0.6) is 0 Å². The number of rotatable bonds is 1. The lowest BCUT2D eigenvalue weighted by Crippen LogP contribution is -2.31. The molecular formula is C14H15N3OS2. The Hall–Kier alpha value is -1.40. The van der Waals surface area contributed by atoms with Gasteiger partial charge in [0.05, 0.1) is 10.4 Å². The highest BCUT2D eigenvalue weighted by Gasteiger charge is 2.21. The molecule has 0 aliphatic carbocycles. The number of thiazole rings is 1. The van der Waals surface area contributed by atoms with Crippen molar-refractivity contribution in [3.05, 3.63) is 22.5 Å². The van der Waals surface area contributed by atoms with Gasteiger partial charge in [-0.2, -0.15) is 0 Å². The van der Waals surface area contributed by atoms with Crippen LogP contribution in [-0.2, 0) is 0 Å². The summed E-state index contributed by atoms with van der Waals surface area (Å²) in [4.78, 5) is 22.0. The number of carbonyl (C=O) groups excluding carboxylic acids is 1. The number of thiophene rings is 1. The summed E-state index contributed by atoms with van der Waals surface area (Å²) >= 11 is 3.15. The van der Waals surface area contributed by atoms with Crippen molar-refractivity contribution in [2.75, 3.05) is 13.1 Å². The molecule has 0 bridgehead atoms. The summed E-state index contributed by atoms with van der Waals surface area (Å²) in [5.74, 6) is 0.180. The zero-order chi connectivity index (χ0) is 13.5. The highest BCUT2D eigenvalue weighted by Crippen LogP contribution is 2.29. The summed E-state index contributed by atoms with van der Waals surface area (Å²) in [5.41, 5.74) is 1.06. The number of hydrogen-bond acceptors (Lipinski definition) is 4. The molecule has 0 radical (unpaired) electrons. The lowest BCUT2D eigenvalue weighted by atomic mass is 10.2. The number of amides is 1. The van der Waals surface area contributed by atoms with E-state index >= 15 is 0 Å². The van der Waals surface area contributed by atoms with Gasteiger partial charge in [-0.1, -0.05) is 12.8 Å². The molecule has 104 valence electrons. The van der Waals surface area contributed by atoms with E-state index in [4.69, 9.17) is 0 Å². The molecule has 0 unspecified atom stereocenters. The molecule has 0 N–H and O–H groups in total. The smallest absolute Gasteiger partial charge is 0.264 e. The van der Waals surface area contributed by atoms with E-state index in [1.807, 2.05) is 22.5 Å². The minimum absolute atomic E-state index is 0.180. The standard InChI is InChI=1S/C14H15N3OS2/c18-13(16-5-3-1-2-4-6-16)11-9-10-12(20-11)15-14-17(10)7-8-19-14/h7-9H,1-6H2. The van der Waals surface area contributed by atoms with Crippen LogP contribution < -0.4 is 0 Å². The molecule has 1 saturated heterocycles. The third-order valence-corrected chi connectivity index (χ3v) is 5.61. The van der Waals surface area contributed by atoms with E-state index in [0.29, 0.717) is 0 Å². The normalized spacial score (nSPS) is 16.9. The van der Waals surface area contributed by atoms with E-state index in [0.717, 1.165) is 46.1 Å². The monoisotopic (exact) mass is 305 g/mol. The van der Waals surface area contributed by atoms with Crippen LogP contribution in [0.1, 0.15) is 35.4 Å². The Kier molecular flexibility index (Phi) is 3.00. The lowest BCUT2D eigenvalue weighted by molar-refractivity contribution is 0.0766. The highest BCUT2D eigenvalue weighted by atomic mass is 32.1. The third-order valence-electron chi connectivity index (χ3n) is 3.84. The van der Waals surface area contributed by atoms with E-state index in [1.54, 1.807) is 11.3 Å². The molecule has 1 amide bonds. The SMILES string of the molecule is O=C(c1cc2c(nc3sccn32)s1)N1CCCCCC1. The molecule has 1 fully saturated rings. The zero-order valence-electron chi connectivity index (χ0n) is 11.0. The Labute approximate surface area is 124 Å². The van der Waals surface area contributed by atoms with Crippen LogP contribution >= 0.6 is 22.7 Å². The first-order valence-corrected chi connectivity index (χ1v) is 8.67. The maximum absolute atomic E-state index is 12.6. The van der Waals surface area contributed by atoms with Crippen molar-refractivity contribution in [3.63, 3.8) is 0 Å². The Morgan fingerprint density at radius 2 is 2.00 bits per heavy atom. The minimum Gasteiger partial charge on any atom is -0.338 e. The first kappa shape index (κ1) is 12.3. The van der Waals surface area contributed by atoms with E-state index < -0.39 is 0 Å². The molecular weight excluding hydrogens is 290 g/mol. The second-order valence-corrected chi connectivity index (χ2v) is 7.08. The molecule has 0 aromatic carbocycles. The Balaban J connectivity index is 1.69. The Bertz CT molecular complexity index is 762. The van der Waals surface area contributed by atoms with E-state index in [1.165, 1.54) is 24.2 Å². The van der Waals surface area contributed by atoms with Gasteiger partial charge < -0.3 is 4.90 Å². The van der Waals surface area contributed by atoms with Gasteiger partial charge in [0.2, 0.25) is 0 Å². The van der Waals surface area contributed by atoms with E-state index in [-0.39, 0.29) is 5.91 Å². The number of imidazole rings is 1. The molecule has 0 spiro atoms. The van der Waals surface area contributed by atoms with Crippen LogP contribution in [0.15, 0.2) is 17.6 Å². The van der Waals surface area contributed by atoms with Crippen LogP contribution in [-0.4, -0.2) is 33.3 Å². The lowest BCUT2D eigenvalue weighted by Gasteiger charge is -2.19. The molecule has 4 heterocycles. The van der Waals surface area contributed by atoms with Crippen molar-refractivity contribution in [3.8, 4) is 0 Å². The van der Waals surface area contributed by atoms with Gasteiger partial charge in [0.15, 0.2) is 4.96 Å². The largest absolute Gasteiger partial charge is 0.338 e. The molecule has 0 saturated carbocycles. The number of aromatic nitrogens is 2. The van der Waals surface area contributed by atoms with Gasteiger partial charge >= 0.3 is 0 Å². The van der Waals surface area contributed by atoms with Gasteiger partial charge in [-0.3, -0.25) is 9.20 Å². The molecule has 6 heteroatoms. The topological polar surface area (TPSA) is 37.6 Å². The molecule has 3 aromatic rings. The predicted molar refractivity (Wildman–Crippen MR) is 82.8 cm³/mol. The van der Waals surface area contributed by atoms with Crippen LogP contribution in [0.4, 0.5) is 0 Å². The highest BCUT2D eigenvalue weighted by molar-refractivity contribution is 7.21. The Morgan fingerprint density at radius 1 is 1.20 bits per heavy atom. The fraction of sp³-hybridized carbons (Fsp3) is 0.429. The van der Waals surface area contributed by atoms with Gasteiger partial charge in [0.1, 0.15) is 4.83 Å². The molecule has 1 aliphatic rings. The van der Waals surface area contributed by atoms with Crippen LogP contribution in [0.25, 0.3) is 15.3 Å². The van der Waals surface area contributed by atoms with Crippen molar-refractivity contribution in [1.82, 2.24) is 14.3 Å².